The molecule has 0 heterocycles. The summed E-state index contributed by atoms with van der Waals surface area (Å²) in [5, 5.41) is 0. The molecule has 2 bridgehead atoms. The van der Waals surface area contributed by atoms with Gasteiger partial charge in [0.1, 0.15) is 6.10 Å². The number of rotatable bonds is 8. The first-order valence-corrected chi connectivity index (χ1v) is 10.1. The summed E-state index contributed by atoms with van der Waals surface area (Å²) in [5.74, 6) is -0.140. The van der Waals surface area contributed by atoms with Gasteiger partial charge in [-0.3, -0.25) is 9.59 Å². The van der Waals surface area contributed by atoms with Crippen LogP contribution >= 0.6 is 0 Å². The Kier molecular flexibility index (Phi) is 6.18. The normalized spacial score (nSPS) is 31.6. The standard InChI is InChI=1S/C24H30O7/c1-8-11-23-13-19(29-6)21(26)24(30-7,22(23)31-15(3)25)20(14(23)2)16-9-10-17(27-4)18(12-16)28-5/h8-10,12-14,20,22H,1,11H2,2-7H3/t14-,20+,22-,23-,24+/m1/s1. The highest BCUT2D eigenvalue weighted by molar-refractivity contribution is 6.04. The van der Waals surface area contributed by atoms with Crippen molar-refractivity contribution < 1.29 is 33.3 Å². The van der Waals surface area contributed by atoms with Crippen LogP contribution in [-0.2, 0) is 23.8 Å². The van der Waals surface area contributed by atoms with Crippen molar-refractivity contribution in [3.8, 4) is 11.5 Å². The Balaban J connectivity index is 2.32. The minimum atomic E-state index is -1.46. The van der Waals surface area contributed by atoms with Gasteiger partial charge in [0.25, 0.3) is 0 Å². The number of carbonyl (C=O) groups excluding carboxylic acids is 2. The van der Waals surface area contributed by atoms with Crippen LogP contribution in [0.4, 0.5) is 0 Å². The topological polar surface area (TPSA) is 80.3 Å². The SMILES string of the molecule is C=CC[C@@]12C=C(OC)C(=O)[C@@](OC)([C@H](c3ccc(OC)c(OC)c3)[C@H]1C)[C@@H]2OC(C)=O. The van der Waals surface area contributed by atoms with E-state index in [4.69, 9.17) is 23.7 Å². The fourth-order valence-corrected chi connectivity index (χ4v) is 5.48. The van der Waals surface area contributed by atoms with E-state index in [1.165, 1.54) is 21.1 Å². The second-order valence-corrected chi connectivity index (χ2v) is 8.01. The van der Waals surface area contributed by atoms with Crippen molar-refractivity contribution >= 4 is 11.8 Å². The van der Waals surface area contributed by atoms with Crippen molar-refractivity contribution in [1.82, 2.24) is 0 Å². The first kappa shape index (κ1) is 22.9. The number of fused-ring (bicyclic) bond motifs is 2. The molecule has 1 saturated carbocycles. The Bertz CT molecular complexity index is 921. The molecule has 0 amide bonds. The van der Waals surface area contributed by atoms with Crippen LogP contribution in [-0.4, -0.2) is 51.9 Å². The maximum atomic E-state index is 13.7. The molecular weight excluding hydrogens is 400 g/mol. The number of esters is 1. The Morgan fingerprint density at radius 2 is 1.81 bits per heavy atom. The van der Waals surface area contributed by atoms with Gasteiger partial charge in [0.2, 0.25) is 5.78 Å². The zero-order chi connectivity index (χ0) is 23.0. The second kappa shape index (κ2) is 8.38. The summed E-state index contributed by atoms with van der Waals surface area (Å²) in [6.07, 6.45) is 3.18. The molecule has 7 heteroatoms. The van der Waals surface area contributed by atoms with Crippen molar-refractivity contribution in [2.24, 2.45) is 11.3 Å². The fraction of sp³-hybridized carbons (Fsp3) is 0.500. The Labute approximate surface area is 183 Å². The van der Waals surface area contributed by atoms with E-state index in [1.807, 2.05) is 19.1 Å². The molecule has 0 aromatic heterocycles. The number of methoxy groups -OCH3 is 4. The van der Waals surface area contributed by atoms with Crippen molar-refractivity contribution in [1.29, 1.82) is 0 Å². The molecule has 1 aromatic carbocycles. The van der Waals surface area contributed by atoms with Crippen molar-refractivity contribution in [3.63, 3.8) is 0 Å². The van der Waals surface area contributed by atoms with Gasteiger partial charge in [0.15, 0.2) is 22.9 Å². The van der Waals surface area contributed by atoms with Gasteiger partial charge in [-0.25, -0.2) is 0 Å². The van der Waals surface area contributed by atoms with Gasteiger partial charge in [-0.1, -0.05) is 19.1 Å². The lowest BCUT2D eigenvalue weighted by atomic mass is 9.69. The highest BCUT2D eigenvalue weighted by Gasteiger charge is 2.74. The van der Waals surface area contributed by atoms with E-state index in [2.05, 4.69) is 6.58 Å². The lowest BCUT2D eigenvalue weighted by molar-refractivity contribution is -0.181. The molecule has 5 atom stereocenters. The van der Waals surface area contributed by atoms with E-state index < -0.39 is 29.0 Å². The number of carbonyl (C=O) groups is 2. The van der Waals surface area contributed by atoms with Crippen LogP contribution in [0.15, 0.2) is 42.7 Å². The molecule has 2 aliphatic carbocycles. The van der Waals surface area contributed by atoms with Gasteiger partial charge in [0, 0.05) is 25.4 Å². The predicted octanol–water partition coefficient (Wildman–Crippen LogP) is 3.43. The average Bonchev–Trinajstić information content (AvgIpc) is 2.91. The predicted molar refractivity (Wildman–Crippen MR) is 114 cm³/mol. The van der Waals surface area contributed by atoms with Gasteiger partial charge >= 0.3 is 5.97 Å². The van der Waals surface area contributed by atoms with Gasteiger partial charge in [-0.15, -0.1) is 6.58 Å². The summed E-state index contributed by atoms with van der Waals surface area (Å²) in [6.45, 7) is 7.27. The Hall–Kier alpha value is -2.80. The number of Topliss-reactive ketones (excluding diaryl/α,β-unsaturated/α-hetero) is 1. The molecule has 168 valence electrons. The van der Waals surface area contributed by atoms with Crippen LogP contribution in [0.25, 0.3) is 0 Å². The summed E-state index contributed by atoms with van der Waals surface area (Å²) in [7, 11) is 6.04. The average molecular weight is 430 g/mol. The third-order valence-electron chi connectivity index (χ3n) is 6.77. The Morgan fingerprint density at radius 3 is 2.32 bits per heavy atom. The molecule has 3 rings (SSSR count). The molecule has 0 unspecified atom stereocenters. The second-order valence-electron chi connectivity index (χ2n) is 8.01. The highest BCUT2D eigenvalue weighted by Crippen LogP contribution is 2.65. The minimum Gasteiger partial charge on any atom is -0.493 e. The molecule has 1 fully saturated rings. The minimum absolute atomic E-state index is 0.162. The third kappa shape index (κ3) is 3.14. The first-order chi connectivity index (χ1) is 14.8. The van der Waals surface area contributed by atoms with E-state index in [1.54, 1.807) is 32.4 Å². The van der Waals surface area contributed by atoms with Crippen LogP contribution in [0.2, 0.25) is 0 Å². The monoisotopic (exact) mass is 430 g/mol. The summed E-state index contributed by atoms with van der Waals surface area (Å²) in [5.41, 5.74) is -1.39. The molecule has 2 aliphatic rings. The molecule has 0 radical (unpaired) electrons. The highest BCUT2D eigenvalue weighted by atomic mass is 16.6. The van der Waals surface area contributed by atoms with Gasteiger partial charge in [0.05, 0.1) is 21.3 Å². The zero-order valence-corrected chi connectivity index (χ0v) is 18.9. The zero-order valence-electron chi connectivity index (χ0n) is 18.9. The van der Waals surface area contributed by atoms with Crippen LogP contribution in [0, 0.1) is 11.3 Å². The molecular formula is C24H30O7. The lowest BCUT2D eigenvalue weighted by Gasteiger charge is -2.43. The van der Waals surface area contributed by atoms with E-state index in [-0.39, 0.29) is 17.5 Å². The van der Waals surface area contributed by atoms with Crippen LogP contribution in [0.3, 0.4) is 0 Å². The van der Waals surface area contributed by atoms with E-state index in [0.29, 0.717) is 17.9 Å². The Morgan fingerprint density at radius 1 is 1.13 bits per heavy atom. The van der Waals surface area contributed by atoms with Crippen LogP contribution in [0.1, 0.15) is 31.7 Å². The number of hydrogen-bond acceptors (Lipinski definition) is 7. The maximum absolute atomic E-state index is 13.7. The van der Waals surface area contributed by atoms with Crippen molar-refractivity contribution in [3.05, 3.63) is 48.3 Å². The number of allylic oxidation sites excluding steroid dienone is 1. The number of ketones is 1. The van der Waals surface area contributed by atoms with Gasteiger partial charge in [-0.2, -0.15) is 0 Å². The molecule has 0 aliphatic heterocycles. The third-order valence-corrected chi connectivity index (χ3v) is 6.77. The van der Waals surface area contributed by atoms with Crippen molar-refractivity contribution in [2.45, 2.75) is 37.9 Å². The maximum Gasteiger partial charge on any atom is 0.303 e. The van der Waals surface area contributed by atoms with E-state index >= 15 is 0 Å². The lowest BCUT2D eigenvalue weighted by Crippen LogP contribution is -2.59. The van der Waals surface area contributed by atoms with E-state index in [0.717, 1.165) is 5.56 Å². The van der Waals surface area contributed by atoms with Gasteiger partial charge < -0.3 is 23.7 Å². The van der Waals surface area contributed by atoms with Crippen LogP contribution < -0.4 is 9.47 Å². The summed E-state index contributed by atoms with van der Waals surface area (Å²) < 4.78 is 28.2. The number of benzene rings is 1. The molecule has 0 spiro atoms. The number of hydrogen-bond donors (Lipinski definition) is 0. The summed E-state index contributed by atoms with van der Waals surface area (Å²) in [4.78, 5) is 25.8. The van der Waals surface area contributed by atoms with Crippen LogP contribution in [0.5, 0.6) is 11.5 Å². The summed E-state index contributed by atoms with van der Waals surface area (Å²) >= 11 is 0. The smallest absolute Gasteiger partial charge is 0.303 e. The quantitative estimate of drug-likeness (QED) is 0.462. The molecule has 7 nitrogen and oxygen atoms in total. The summed E-state index contributed by atoms with van der Waals surface area (Å²) in [6, 6.07) is 5.52. The molecule has 1 aromatic rings. The first-order valence-electron chi connectivity index (χ1n) is 10.1. The molecule has 0 saturated heterocycles. The number of ether oxygens (including phenoxy) is 5. The molecule has 31 heavy (non-hydrogen) atoms. The fourth-order valence-electron chi connectivity index (χ4n) is 5.48. The largest absolute Gasteiger partial charge is 0.493 e. The van der Waals surface area contributed by atoms with Crippen molar-refractivity contribution in [2.75, 3.05) is 28.4 Å². The van der Waals surface area contributed by atoms with Gasteiger partial charge in [-0.05, 0) is 36.1 Å². The molecule has 0 N–H and O–H groups in total. The van der Waals surface area contributed by atoms with E-state index in [9.17, 15) is 9.59 Å².